The van der Waals surface area contributed by atoms with Gasteiger partial charge in [0, 0.05) is 29.5 Å². The summed E-state index contributed by atoms with van der Waals surface area (Å²) in [5.41, 5.74) is 3.26. The van der Waals surface area contributed by atoms with Crippen molar-refractivity contribution in [2.24, 2.45) is 11.3 Å². The number of hydrogen-bond donors (Lipinski definition) is 0. The van der Waals surface area contributed by atoms with Crippen molar-refractivity contribution in [1.29, 1.82) is 0 Å². The molecule has 1 unspecified atom stereocenters. The zero-order valence-corrected chi connectivity index (χ0v) is 18.8. The molecule has 4 rings (SSSR count). The van der Waals surface area contributed by atoms with Crippen molar-refractivity contribution in [3.63, 3.8) is 0 Å². The molecule has 0 spiro atoms. The van der Waals surface area contributed by atoms with Crippen LogP contribution in [-0.4, -0.2) is 25.8 Å². The second kappa shape index (κ2) is 7.57. The van der Waals surface area contributed by atoms with Crippen LogP contribution < -0.4 is 0 Å². The highest BCUT2D eigenvalue weighted by Crippen LogP contribution is 2.73. The number of hydrogen-bond acceptors (Lipinski definition) is 2. The van der Waals surface area contributed by atoms with Gasteiger partial charge in [-0.2, -0.15) is 4.31 Å². The minimum absolute atomic E-state index is 0.228. The Bertz CT molecular complexity index is 1020. The van der Waals surface area contributed by atoms with Crippen LogP contribution >= 0.6 is 11.6 Å². The normalized spacial score (nSPS) is 26.2. The minimum Gasteiger partial charge on any atom is -0.207 e. The molecule has 1 aliphatic heterocycles. The summed E-state index contributed by atoms with van der Waals surface area (Å²) >= 11 is 7.02. The first-order valence-electron chi connectivity index (χ1n) is 10.4. The zero-order chi connectivity index (χ0) is 20.8. The Morgan fingerprint density at radius 1 is 1.07 bits per heavy atom. The molecule has 1 heterocycles. The Morgan fingerprint density at radius 2 is 1.69 bits per heavy atom. The van der Waals surface area contributed by atoms with E-state index in [0.29, 0.717) is 18.0 Å². The molecule has 2 aromatic rings. The predicted octanol–water partition coefficient (Wildman–Crippen LogP) is 5.71. The summed E-state index contributed by atoms with van der Waals surface area (Å²) in [7, 11) is -3.52. The van der Waals surface area contributed by atoms with Gasteiger partial charge in [0.2, 0.25) is 10.0 Å². The van der Waals surface area contributed by atoms with Crippen molar-refractivity contribution in [2.75, 3.05) is 13.1 Å². The molecule has 29 heavy (non-hydrogen) atoms. The van der Waals surface area contributed by atoms with Crippen molar-refractivity contribution >= 4 is 21.6 Å². The monoisotopic (exact) mass is 429 g/mol. The van der Waals surface area contributed by atoms with Crippen LogP contribution in [0, 0.1) is 18.3 Å². The van der Waals surface area contributed by atoms with Crippen molar-refractivity contribution in [2.45, 2.75) is 44.4 Å². The van der Waals surface area contributed by atoms with Crippen molar-refractivity contribution in [1.82, 2.24) is 4.31 Å². The van der Waals surface area contributed by atoms with E-state index in [1.54, 1.807) is 16.4 Å². The molecule has 154 valence electrons. The number of nitrogens with zero attached hydrogens (tertiary/aromatic N) is 1. The Balaban J connectivity index is 1.72. The van der Waals surface area contributed by atoms with E-state index in [2.05, 4.69) is 38.1 Å². The largest absolute Gasteiger partial charge is 0.243 e. The maximum Gasteiger partial charge on any atom is 0.243 e. The number of aryl methyl sites for hydroxylation is 1. The maximum atomic E-state index is 13.3. The van der Waals surface area contributed by atoms with Gasteiger partial charge in [0.25, 0.3) is 0 Å². The molecule has 0 amide bonds. The molecule has 1 aliphatic carbocycles. The average Bonchev–Trinajstić information content (AvgIpc) is 3.18. The topological polar surface area (TPSA) is 37.4 Å². The Kier molecular flexibility index (Phi) is 5.39. The third kappa shape index (κ3) is 3.26. The van der Waals surface area contributed by atoms with Gasteiger partial charge in [-0.05, 0) is 43.4 Å². The number of fused-ring (bicyclic) bond motifs is 1. The summed E-state index contributed by atoms with van der Waals surface area (Å²) in [5.74, 6) is 0.513. The van der Waals surface area contributed by atoms with Gasteiger partial charge < -0.3 is 0 Å². The van der Waals surface area contributed by atoms with Crippen molar-refractivity contribution in [3.8, 4) is 0 Å². The van der Waals surface area contributed by atoms with Gasteiger partial charge >= 0.3 is 0 Å². The van der Waals surface area contributed by atoms with Crippen LogP contribution in [0.3, 0.4) is 0 Å². The molecule has 2 aliphatic rings. The molecular formula is C24H28ClNO2S. The van der Waals surface area contributed by atoms with Crippen LogP contribution in [0.25, 0.3) is 0 Å². The number of halogens is 1. The number of rotatable bonds is 6. The molecule has 1 saturated carbocycles. The Morgan fingerprint density at radius 3 is 2.28 bits per heavy atom. The van der Waals surface area contributed by atoms with E-state index in [0.717, 1.165) is 23.4 Å². The summed E-state index contributed by atoms with van der Waals surface area (Å²) in [5, 5.41) is 0.892. The summed E-state index contributed by atoms with van der Waals surface area (Å²) in [6, 6.07) is 17.5. The molecule has 0 bridgehead atoms. The van der Waals surface area contributed by atoms with Gasteiger partial charge in [0.15, 0.2) is 0 Å². The quantitative estimate of drug-likeness (QED) is 0.589. The van der Waals surface area contributed by atoms with Gasteiger partial charge in [-0.1, -0.05) is 79.0 Å². The number of piperidine rings is 1. The zero-order valence-electron chi connectivity index (χ0n) is 17.2. The second-order valence-corrected chi connectivity index (χ2v) is 10.6. The lowest BCUT2D eigenvalue weighted by Crippen LogP contribution is -2.33. The number of allylic oxidation sites excluding steroid dienone is 1. The highest BCUT2D eigenvalue weighted by atomic mass is 35.5. The van der Waals surface area contributed by atoms with E-state index in [-0.39, 0.29) is 17.3 Å². The average molecular weight is 430 g/mol. The fraction of sp³-hybridized carbons (Fsp3) is 0.417. The lowest BCUT2D eigenvalue weighted by Gasteiger charge is -2.25. The number of sulfonamides is 1. The molecule has 3 nitrogen and oxygen atoms in total. The fourth-order valence-corrected chi connectivity index (χ4v) is 7.17. The third-order valence-electron chi connectivity index (χ3n) is 6.74. The van der Waals surface area contributed by atoms with Crippen LogP contribution in [0.1, 0.15) is 43.7 Å². The number of benzene rings is 2. The van der Waals surface area contributed by atoms with E-state index < -0.39 is 10.0 Å². The molecule has 1 saturated heterocycles. The second-order valence-electron chi connectivity index (χ2n) is 8.27. The van der Waals surface area contributed by atoms with Crippen LogP contribution in [-0.2, 0) is 10.0 Å². The predicted molar refractivity (Wildman–Crippen MR) is 119 cm³/mol. The smallest absolute Gasteiger partial charge is 0.207 e. The molecule has 0 aromatic heterocycles. The molecule has 5 heteroatoms. The first-order chi connectivity index (χ1) is 13.9. The lowest BCUT2D eigenvalue weighted by atomic mass is 9.94. The van der Waals surface area contributed by atoms with E-state index in [1.165, 1.54) is 11.1 Å². The highest BCUT2D eigenvalue weighted by molar-refractivity contribution is 7.89. The van der Waals surface area contributed by atoms with Crippen LogP contribution in [0.5, 0.6) is 0 Å². The molecule has 0 N–H and O–H groups in total. The standard InChI is InChI=1S/C24H28ClNO2S/c1-4-18(5-2)23(25)24-16-26(29(27,28)20-13-11-17(3)12-14-20)15-21(24)22(24)19-9-7-6-8-10-19/h6-14,21-22H,4-5,15-16H2,1-3H3/t21?,22-,24+/m0/s1. The van der Waals surface area contributed by atoms with Crippen LogP contribution in [0.2, 0.25) is 0 Å². The van der Waals surface area contributed by atoms with Crippen LogP contribution in [0.15, 0.2) is 70.1 Å². The van der Waals surface area contributed by atoms with Gasteiger partial charge in [-0.25, -0.2) is 8.42 Å². The summed E-state index contributed by atoms with van der Waals surface area (Å²) in [6.45, 7) is 7.19. The van der Waals surface area contributed by atoms with Gasteiger partial charge in [0.05, 0.1) is 4.90 Å². The highest BCUT2D eigenvalue weighted by Gasteiger charge is 2.72. The van der Waals surface area contributed by atoms with Crippen LogP contribution in [0.4, 0.5) is 0 Å². The van der Waals surface area contributed by atoms with E-state index >= 15 is 0 Å². The fourth-order valence-electron chi connectivity index (χ4n) is 5.07. The molecule has 2 fully saturated rings. The Labute approximate surface area is 179 Å². The maximum absolute atomic E-state index is 13.3. The summed E-state index contributed by atoms with van der Waals surface area (Å²) in [6.07, 6.45) is 1.80. The molecular weight excluding hydrogens is 402 g/mol. The van der Waals surface area contributed by atoms with E-state index in [4.69, 9.17) is 11.6 Å². The van der Waals surface area contributed by atoms with E-state index in [9.17, 15) is 8.42 Å². The van der Waals surface area contributed by atoms with Gasteiger partial charge in [0.1, 0.15) is 0 Å². The summed E-state index contributed by atoms with van der Waals surface area (Å²) < 4.78 is 28.2. The molecule has 2 aromatic carbocycles. The van der Waals surface area contributed by atoms with Gasteiger partial charge in [-0.15, -0.1) is 0 Å². The Hall–Kier alpha value is -1.62. The first-order valence-corrected chi connectivity index (χ1v) is 12.2. The third-order valence-corrected chi connectivity index (χ3v) is 9.18. The summed E-state index contributed by atoms with van der Waals surface area (Å²) in [4.78, 5) is 0.363. The lowest BCUT2D eigenvalue weighted by molar-refractivity contribution is 0.411. The van der Waals surface area contributed by atoms with Crippen molar-refractivity contribution in [3.05, 3.63) is 76.3 Å². The SMILES string of the molecule is CCC(CC)=C(Cl)[C@]12CN(S(=O)(=O)c3ccc(C)cc3)CC1[C@@H]2c1ccccc1. The minimum atomic E-state index is -3.52. The molecule has 0 radical (unpaired) electrons. The van der Waals surface area contributed by atoms with Crippen molar-refractivity contribution < 1.29 is 8.42 Å². The molecule has 3 atom stereocenters. The van der Waals surface area contributed by atoms with Gasteiger partial charge in [-0.3, -0.25) is 0 Å². The van der Waals surface area contributed by atoms with E-state index in [1.807, 2.05) is 25.1 Å². The first kappa shape index (κ1) is 20.6.